The maximum absolute atomic E-state index is 6.66. The Kier molecular flexibility index (Phi) is 7.85. The minimum atomic E-state index is 0.865. The lowest BCUT2D eigenvalue weighted by Gasteiger charge is -2.27. The van der Waals surface area contributed by atoms with Crippen LogP contribution in [0.1, 0.15) is 0 Å². The Balaban J connectivity index is 1.08. The summed E-state index contributed by atoms with van der Waals surface area (Å²) in [6.07, 6.45) is 0. The molecule has 1 aromatic heterocycles. The first-order chi connectivity index (χ1) is 26.8. The Hall–Kier alpha value is -7.16. The second-order valence-electron chi connectivity index (χ2n) is 13.7. The molecule has 0 N–H and O–H groups in total. The fourth-order valence-electron chi connectivity index (χ4n) is 7.81. The van der Waals surface area contributed by atoms with Crippen LogP contribution in [0.3, 0.4) is 0 Å². The second-order valence-corrected chi connectivity index (χ2v) is 13.7. The number of hydrogen-bond donors (Lipinski definition) is 0. The van der Waals surface area contributed by atoms with Crippen molar-refractivity contribution in [1.29, 1.82) is 0 Å². The van der Waals surface area contributed by atoms with Crippen LogP contribution in [0.25, 0.3) is 77.2 Å². The minimum Gasteiger partial charge on any atom is -0.455 e. The molecule has 0 spiro atoms. The number of nitrogens with zero attached hydrogens (tertiary/aromatic N) is 1. The van der Waals surface area contributed by atoms with Crippen LogP contribution in [-0.4, -0.2) is 0 Å². The van der Waals surface area contributed by atoms with Gasteiger partial charge >= 0.3 is 0 Å². The smallest absolute Gasteiger partial charge is 0.143 e. The lowest BCUT2D eigenvalue weighted by Crippen LogP contribution is -2.10. The molecule has 1 heterocycles. The van der Waals surface area contributed by atoms with E-state index in [9.17, 15) is 0 Å². The van der Waals surface area contributed by atoms with Gasteiger partial charge in [-0.05, 0) is 92.5 Å². The molecule has 54 heavy (non-hydrogen) atoms. The Morgan fingerprint density at radius 2 is 0.907 bits per heavy atom. The average Bonchev–Trinajstić information content (AvgIpc) is 3.64. The third-order valence-electron chi connectivity index (χ3n) is 10.4. The van der Waals surface area contributed by atoms with Crippen LogP contribution < -0.4 is 4.90 Å². The van der Waals surface area contributed by atoms with Gasteiger partial charge in [0.25, 0.3) is 0 Å². The van der Waals surface area contributed by atoms with Gasteiger partial charge < -0.3 is 9.32 Å². The zero-order chi connectivity index (χ0) is 35.8. The molecule has 0 aliphatic heterocycles. The number of fused-ring (bicyclic) bond motifs is 3. The Morgan fingerprint density at radius 1 is 0.315 bits per heavy atom. The van der Waals surface area contributed by atoms with E-state index in [1.165, 1.54) is 43.8 Å². The van der Waals surface area contributed by atoms with E-state index in [-0.39, 0.29) is 0 Å². The predicted molar refractivity (Wildman–Crippen MR) is 228 cm³/mol. The van der Waals surface area contributed by atoms with Crippen LogP contribution in [0.4, 0.5) is 17.1 Å². The Labute approximate surface area is 314 Å². The van der Waals surface area contributed by atoms with E-state index in [1.807, 2.05) is 6.07 Å². The van der Waals surface area contributed by atoms with Crippen molar-refractivity contribution in [2.24, 2.45) is 0 Å². The molecule has 9 aromatic carbocycles. The summed E-state index contributed by atoms with van der Waals surface area (Å²) in [7, 11) is 0. The molecule has 0 amide bonds. The van der Waals surface area contributed by atoms with Crippen LogP contribution in [0, 0.1) is 0 Å². The van der Waals surface area contributed by atoms with Crippen LogP contribution in [0.15, 0.2) is 217 Å². The summed E-state index contributed by atoms with van der Waals surface area (Å²) in [6.45, 7) is 0. The normalized spacial score (nSPS) is 11.3. The Morgan fingerprint density at radius 3 is 1.76 bits per heavy atom. The lowest BCUT2D eigenvalue weighted by molar-refractivity contribution is 0.632. The van der Waals surface area contributed by atoms with Crippen molar-refractivity contribution in [3.8, 4) is 44.7 Å². The van der Waals surface area contributed by atoms with E-state index in [1.54, 1.807) is 0 Å². The summed E-state index contributed by atoms with van der Waals surface area (Å²) in [5, 5.41) is 5.99. The topological polar surface area (TPSA) is 16.4 Å². The average molecular weight is 690 g/mol. The summed E-state index contributed by atoms with van der Waals surface area (Å²) in [5.41, 5.74) is 12.2. The summed E-state index contributed by atoms with van der Waals surface area (Å²) in [6, 6.07) is 75.8. The van der Waals surface area contributed by atoms with Gasteiger partial charge in [0.1, 0.15) is 11.3 Å². The van der Waals surface area contributed by atoms with E-state index in [4.69, 9.17) is 4.42 Å². The zero-order valence-electron chi connectivity index (χ0n) is 29.6. The second kappa shape index (κ2) is 13.4. The van der Waals surface area contributed by atoms with Crippen molar-refractivity contribution in [3.63, 3.8) is 0 Å². The summed E-state index contributed by atoms with van der Waals surface area (Å²) >= 11 is 0. The standard InChI is InChI=1S/C52H35NO/c1-2-15-39(16-3-1)51-48-24-8-9-26-50(48)54-52(51)44-21-11-22-46(35-44)53(49-25-12-18-38-14-6-7-23-47(38)49)45-31-29-37(30-32-45)41-19-10-20-42(33-41)43-28-27-36-13-4-5-17-40(36)34-43/h1-35H. The third kappa shape index (κ3) is 5.71. The van der Waals surface area contributed by atoms with Crippen LogP contribution in [0.5, 0.6) is 0 Å². The zero-order valence-corrected chi connectivity index (χ0v) is 29.6. The largest absolute Gasteiger partial charge is 0.455 e. The van der Waals surface area contributed by atoms with Gasteiger partial charge in [0.2, 0.25) is 0 Å². The van der Waals surface area contributed by atoms with Gasteiger partial charge in [-0.1, -0.05) is 164 Å². The summed E-state index contributed by atoms with van der Waals surface area (Å²) < 4.78 is 6.66. The maximum Gasteiger partial charge on any atom is 0.143 e. The number of anilines is 3. The van der Waals surface area contributed by atoms with Crippen molar-refractivity contribution < 1.29 is 4.42 Å². The predicted octanol–water partition coefficient (Wildman–Crippen LogP) is 14.9. The summed E-state index contributed by atoms with van der Waals surface area (Å²) in [4.78, 5) is 2.37. The molecule has 2 heteroatoms. The van der Waals surface area contributed by atoms with Crippen molar-refractivity contribution in [2.75, 3.05) is 4.90 Å². The van der Waals surface area contributed by atoms with Gasteiger partial charge in [0.05, 0.1) is 5.69 Å². The van der Waals surface area contributed by atoms with Crippen LogP contribution in [-0.2, 0) is 0 Å². The third-order valence-corrected chi connectivity index (χ3v) is 10.4. The summed E-state index contributed by atoms with van der Waals surface area (Å²) in [5.74, 6) is 0.865. The molecule has 0 unspecified atom stereocenters. The van der Waals surface area contributed by atoms with Gasteiger partial charge in [-0.25, -0.2) is 0 Å². The molecular weight excluding hydrogens is 655 g/mol. The highest BCUT2D eigenvalue weighted by molar-refractivity contribution is 6.03. The van der Waals surface area contributed by atoms with E-state index in [0.29, 0.717) is 0 Å². The van der Waals surface area contributed by atoms with E-state index >= 15 is 0 Å². The van der Waals surface area contributed by atoms with Crippen molar-refractivity contribution in [3.05, 3.63) is 212 Å². The fraction of sp³-hybridized carbons (Fsp3) is 0. The molecule has 10 rings (SSSR count). The van der Waals surface area contributed by atoms with Crippen LogP contribution in [0.2, 0.25) is 0 Å². The molecule has 2 nitrogen and oxygen atoms in total. The molecule has 0 aliphatic rings. The van der Waals surface area contributed by atoms with Gasteiger partial charge in [0.15, 0.2) is 0 Å². The van der Waals surface area contributed by atoms with Crippen molar-refractivity contribution >= 4 is 49.6 Å². The first kappa shape index (κ1) is 31.6. The van der Waals surface area contributed by atoms with Crippen LogP contribution >= 0.6 is 0 Å². The maximum atomic E-state index is 6.66. The number of benzene rings is 9. The molecule has 0 saturated carbocycles. The monoisotopic (exact) mass is 689 g/mol. The molecule has 0 fully saturated rings. The molecule has 0 saturated heterocycles. The highest BCUT2D eigenvalue weighted by atomic mass is 16.3. The Bertz CT molecular complexity index is 2930. The molecular formula is C52H35NO. The van der Waals surface area contributed by atoms with E-state index in [2.05, 4.69) is 211 Å². The van der Waals surface area contributed by atoms with Crippen molar-refractivity contribution in [2.45, 2.75) is 0 Å². The molecule has 0 atom stereocenters. The van der Waals surface area contributed by atoms with Gasteiger partial charge in [0, 0.05) is 33.3 Å². The van der Waals surface area contributed by atoms with Gasteiger partial charge in [-0.15, -0.1) is 0 Å². The molecule has 254 valence electrons. The highest BCUT2D eigenvalue weighted by Gasteiger charge is 2.21. The van der Waals surface area contributed by atoms with Gasteiger partial charge in [-0.3, -0.25) is 0 Å². The van der Waals surface area contributed by atoms with E-state index in [0.717, 1.165) is 50.5 Å². The number of rotatable bonds is 7. The number of para-hydroxylation sites is 1. The SMILES string of the molecule is c1ccc(-c2c(-c3cccc(N(c4ccc(-c5cccc(-c6ccc7ccccc7c6)c5)cc4)c4cccc5ccccc45)c3)oc3ccccc23)cc1. The molecule has 0 aliphatic carbocycles. The highest BCUT2D eigenvalue weighted by Crippen LogP contribution is 2.44. The molecule has 0 radical (unpaired) electrons. The fourth-order valence-corrected chi connectivity index (χ4v) is 7.81. The first-order valence-electron chi connectivity index (χ1n) is 18.4. The molecule has 0 bridgehead atoms. The minimum absolute atomic E-state index is 0.865. The van der Waals surface area contributed by atoms with Crippen molar-refractivity contribution in [1.82, 2.24) is 0 Å². The molecule has 10 aromatic rings. The quantitative estimate of drug-likeness (QED) is 0.166. The van der Waals surface area contributed by atoms with Gasteiger partial charge in [-0.2, -0.15) is 0 Å². The lowest BCUT2D eigenvalue weighted by atomic mass is 9.97. The first-order valence-corrected chi connectivity index (χ1v) is 18.4. The number of furan rings is 1. The number of hydrogen-bond acceptors (Lipinski definition) is 2. The van der Waals surface area contributed by atoms with E-state index < -0.39 is 0 Å².